The van der Waals surface area contributed by atoms with E-state index in [1.807, 2.05) is 24.3 Å². The first-order valence-electron chi connectivity index (χ1n) is 23.3. The molecule has 14 rings (SSSR count). The Bertz CT molecular complexity index is 4200. The second-order valence-corrected chi connectivity index (χ2v) is 17.7. The zero-order valence-electron chi connectivity index (χ0n) is 37.2. The van der Waals surface area contributed by atoms with Crippen molar-refractivity contribution in [3.63, 3.8) is 0 Å². The summed E-state index contributed by atoms with van der Waals surface area (Å²) in [5.74, 6) is 1.36. The fraction of sp³-hybridized carbons (Fsp3) is 0.0159. The predicted molar refractivity (Wildman–Crippen MR) is 283 cm³/mol. The summed E-state index contributed by atoms with van der Waals surface area (Å²) in [4.78, 5) is 10.5. The van der Waals surface area contributed by atoms with E-state index in [1.54, 1.807) is 0 Å². The van der Waals surface area contributed by atoms with Crippen molar-refractivity contribution in [2.75, 3.05) is 0 Å². The van der Waals surface area contributed by atoms with Crippen molar-refractivity contribution in [1.82, 2.24) is 9.88 Å². The number of hydrogen-bond acceptors (Lipinski definition) is 5. The van der Waals surface area contributed by atoms with Gasteiger partial charge in [-0.2, -0.15) is 0 Å². The van der Waals surface area contributed by atoms with Crippen molar-refractivity contribution in [2.24, 2.45) is 9.98 Å². The second-order valence-electron chi connectivity index (χ2n) is 17.7. The van der Waals surface area contributed by atoms with Gasteiger partial charge in [0.05, 0.1) is 22.3 Å². The number of hydrogen-bond donors (Lipinski definition) is 1. The van der Waals surface area contributed by atoms with E-state index in [4.69, 9.17) is 18.8 Å². The number of amidine groups is 2. The Morgan fingerprint density at radius 3 is 1.71 bits per heavy atom. The topological polar surface area (TPSA) is 68.0 Å². The number of rotatable bonds is 7. The first-order chi connectivity index (χ1) is 34.2. The van der Waals surface area contributed by atoms with Gasteiger partial charge in [-0.1, -0.05) is 188 Å². The van der Waals surface area contributed by atoms with Crippen molar-refractivity contribution >= 4 is 77.4 Å². The molecule has 0 amide bonds. The maximum Gasteiger partial charge on any atom is 0.163 e. The summed E-state index contributed by atoms with van der Waals surface area (Å²) >= 11 is 0. The lowest BCUT2D eigenvalue weighted by Gasteiger charge is -2.23. The van der Waals surface area contributed by atoms with E-state index in [0.29, 0.717) is 5.84 Å². The fourth-order valence-electron chi connectivity index (χ4n) is 10.4. The van der Waals surface area contributed by atoms with Crippen molar-refractivity contribution in [3.8, 4) is 39.1 Å². The number of aliphatic imine (C=N–C) groups is 2. The van der Waals surface area contributed by atoms with Crippen LogP contribution in [-0.2, 0) is 0 Å². The minimum absolute atomic E-state index is 0.351. The molecule has 1 aliphatic rings. The molecule has 10 aromatic carbocycles. The maximum absolute atomic E-state index is 7.02. The number of benzene rings is 10. The van der Waals surface area contributed by atoms with Crippen molar-refractivity contribution in [1.29, 1.82) is 0 Å². The molecule has 0 radical (unpaired) electrons. The molecule has 1 N–H and O–H groups in total. The van der Waals surface area contributed by atoms with Crippen molar-refractivity contribution in [3.05, 3.63) is 247 Å². The lowest BCUT2D eigenvalue weighted by atomic mass is 10.0. The third kappa shape index (κ3) is 6.41. The van der Waals surface area contributed by atoms with Gasteiger partial charge in [0.2, 0.25) is 0 Å². The van der Waals surface area contributed by atoms with Gasteiger partial charge in [-0.3, -0.25) is 0 Å². The molecule has 3 aromatic heterocycles. The molecular formula is C63H40N4O2. The highest BCUT2D eigenvalue weighted by atomic mass is 16.3. The molecule has 0 saturated carbocycles. The van der Waals surface area contributed by atoms with E-state index in [2.05, 4.69) is 216 Å². The zero-order valence-corrected chi connectivity index (χ0v) is 37.2. The fourth-order valence-corrected chi connectivity index (χ4v) is 10.4. The van der Waals surface area contributed by atoms with Crippen LogP contribution in [0.5, 0.6) is 0 Å². The summed E-state index contributed by atoms with van der Waals surface area (Å²) in [5.41, 5.74) is 16.0. The van der Waals surface area contributed by atoms with Crippen LogP contribution in [0, 0.1) is 0 Å². The highest BCUT2D eigenvalue weighted by Crippen LogP contribution is 2.42. The van der Waals surface area contributed by atoms with Gasteiger partial charge in [0.15, 0.2) is 11.4 Å². The Morgan fingerprint density at radius 2 is 0.942 bits per heavy atom. The molecule has 0 spiro atoms. The van der Waals surface area contributed by atoms with Gasteiger partial charge >= 0.3 is 0 Å². The van der Waals surface area contributed by atoms with Gasteiger partial charge < -0.3 is 18.7 Å². The number of nitrogens with one attached hydrogen (secondary N) is 1. The molecule has 324 valence electrons. The average Bonchev–Trinajstić information content (AvgIpc) is 4.11. The molecule has 1 unspecified atom stereocenters. The molecular weight excluding hydrogens is 845 g/mol. The van der Waals surface area contributed by atoms with Gasteiger partial charge in [0.1, 0.15) is 28.8 Å². The number of aromatic nitrogens is 1. The Kier molecular flexibility index (Phi) is 8.86. The van der Waals surface area contributed by atoms with E-state index in [-0.39, 0.29) is 6.17 Å². The van der Waals surface area contributed by atoms with Gasteiger partial charge in [-0.25, -0.2) is 9.98 Å². The summed E-state index contributed by atoms with van der Waals surface area (Å²) in [5, 5.41) is 10.2. The molecule has 13 aromatic rings. The Balaban J connectivity index is 0.876. The minimum atomic E-state index is -0.351. The van der Waals surface area contributed by atoms with E-state index in [0.717, 1.165) is 99.8 Å². The quantitative estimate of drug-likeness (QED) is 0.173. The van der Waals surface area contributed by atoms with Gasteiger partial charge in [-0.15, -0.1) is 0 Å². The van der Waals surface area contributed by atoms with E-state index in [1.165, 1.54) is 27.5 Å². The molecule has 0 aliphatic carbocycles. The smallest absolute Gasteiger partial charge is 0.163 e. The monoisotopic (exact) mass is 884 g/mol. The first kappa shape index (κ1) is 39.0. The summed E-state index contributed by atoms with van der Waals surface area (Å²) in [6.07, 6.45) is -0.351. The third-order valence-electron chi connectivity index (χ3n) is 13.7. The number of furan rings is 2. The number of nitrogens with zero attached hydrogens (tertiary/aromatic N) is 3. The van der Waals surface area contributed by atoms with Crippen LogP contribution >= 0.6 is 0 Å². The normalized spacial score (nSPS) is 13.9. The molecule has 69 heavy (non-hydrogen) atoms. The SMILES string of the molecule is c1ccc(-c2ccc(C3=NC(c4cccc5c4oc4c(-c6ccc7c(c6)oc6c(-n8c9ccccc9c9cc(-c%10ccccc%10)ccc98)cccc67)cccc45)=NC(c4ccccc4)N3)cc2)cc1. The van der Waals surface area contributed by atoms with Gasteiger partial charge in [-0.05, 0) is 75.8 Å². The minimum Gasteiger partial charge on any atom is -0.455 e. The van der Waals surface area contributed by atoms with Crippen LogP contribution in [0.3, 0.4) is 0 Å². The predicted octanol–water partition coefficient (Wildman–Crippen LogP) is 16.1. The first-order valence-corrected chi connectivity index (χ1v) is 23.3. The third-order valence-corrected chi connectivity index (χ3v) is 13.7. The lowest BCUT2D eigenvalue weighted by Crippen LogP contribution is -2.33. The van der Waals surface area contributed by atoms with Crippen molar-refractivity contribution in [2.45, 2.75) is 6.17 Å². The second kappa shape index (κ2) is 15.7. The van der Waals surface area contributed by atoms with Crippen molar-refractivity contribution < 1.29 is 8.83 Å². The Morgan fingerprint density at radius 1 is 0.377 bits per heavy atom. The van der Waals surface area contributed by atoms with Crippen LogP contribution in [0.2, 0.25) is 0 Å². The molecule has 1 aliphatic heterocycles. The lowest BCUT2D eigenvalue weighted by molar-refractivity contribution is 0.663. The van der Waals surface area contributed by atoms with E-state index < -0.39 is 0 Å². The van der Waals surface area contributed by atoms with Crippen LogP contribution in [0.15, 0.2) is 249 Å². The molecule has 0 bridgehead atoms. The highest BCUT2D eigenvalue weighted by Gasteiger charge is 2.25. The molecule has 4 heterocycles. The van der Waals surface area contributed by atoms with Gasteiger partial charge in [0, 0.05) is 43.4 Å². The van der Waals surface area contributed by atoms with Crippen LogP contribution < -0.4 is 5.32 Å². The van der Waals surface area contributed by atoms with Crippen LogP contribution in [-0.4, -0.2) is 16.2 Å². The molecule has 6 heteroatoms. The summed E-state index contributed by atoms with van der Waals surface area (Å²) < 4.78 is 16.3. The largest absolute Gasteiger partial charge is 0.455 e. The standard InChI is InChI=1S/C63H40N4O2/c1-4-15-39(16-5-1)41-29-31-43(32-30-41)62-64-61(42-19-8-3-9-20-42)65-63(66-62)52-26-13-24-51-50-23-12-22-46(58(50)69-59(51)52)45-33-35-48-49-25-14-28-56(60(49)68-57(48)38-45)67-54-27-11-10-21-47(54)53-37-44(34-36-55(53)67)40-17-6-2-7-18-40/h1-38,61H,(H,64,65,66). The zero-order chi connectivity index (χ0) is 45.4. The summed E-state index contributed by atoms with van der Waals surface area (Å²) in [7, 11) is 0. The van der Waals surface area contributed by atoms with Gasteiger partial charge in [0.25, 0.3) is 0 Å². The summed E-state index contributed by atoms with van der Waals surface area (Å²) in [6, 6.07) is 80.9. The molecule has 0 fully saturated rings. The van der Waals surface area contributed by atoms with Crippen LogP contribution in [0.1, 0.15) is 22.9 Å². The maximum atomic E-state index is 7.02. The highest BCUT2D eigenvalue weighted by molar-refractivity contribution is 6.21. The van der Waals surface area contributed by atoms with E-state index >= 15 is 0 Å². The molecule has 0 saturated heterocycles. The number of fused-ring (bicyclic) bond motifs is 9. The Hall–Kier alpha value is -9.26. The van der Waals surface area contributed by atoms with Crippen LogP contribution in [0.25, 0.3) is 105 Å². The molecule has 1 atom stereocenters. The number of para-hydroxylation sites is 4. The Labute approximate surface area is 396 Å². The average molecular weight is 885 g/mol. The van der Waals surface area contributed by atoms with Crippen LogP contribution in [0.4, 0.5) is 0 Å². The summed E-state index contributed by atoms with van der Waals surface area (Å²) in [6.45, 7) is 0. The molecule has 6 nitrogen and oxygen atoms in total. The van der Waals surface area contributed by atoms with E-state index in [9.17, 15) is 0 Å².